The van der Waals surface area contributed by atoms with Crippen LogP contribution in [0.15, 0.2) is 53.3 Å². The minimum Gasteiger partial charge on any atom is -0.497 e. The highest BCUT2D eigenvalue weighted by Gasteiger charge is 2.30. The van der Waals surface area contributed by atoms with E-state index in [1.807, 2.05) is 24.3 Å². The van der Waals surface area contributed by atoms with Gasteiger partial charge in [-0.2, -0.15) is 0 Å². The molecule has 0 bridgehead atoms. The van der Waals surface area contributed by atoms with Crippen LogP contribution in [0.3, 0.4) is 0 Å². The summed E-state index contributed by atoms with van der Waals surface area (Å²) in [6.45, 7) is 0. The second kappa shape index (κ2) is 7.96. The molecule has 0 spiro atoms. The first-order valence-corrected chi connectivity index (χ1v) is 10.2. The van der Waals surface area contributed by atoms with Crippen molar-refractivity contribution in [2.75, 3.05) is 7.11 Å². The molecule has 0 radical (unpaired) electrons. The number of aromatic amines is 1. The molecule has 4 aromatic rings. The van der Waals surface area contributed by atoms with Crippen LogP contribution in [0.25, 0.3) is 22.2 Å². The van der Waals surface area contributed by atoms with E-state index in [4.69, 9.17) is 9.15 Å². The van der Waals surface area contributed by atoms with Crippen LogP contribution in [0, 0.1) is 5.82 Å². The molecule has 5 rings (SSSR count). The number of amides is 2. The lowest BCUT2D eigenvalue weighted by Crippen LogP contribution is -2.39. The molecule has 1 unspecified atom stereocenters. The van der Waals surface area contributed by atoms with Crippen LogP contribution in [-0.2, 0) is 16.0 Å². The third-order valence-electron chi connectivity index (χ3n) is 5.76. The number of furan rings is 1. The second-order valence-electron chi connectivity index (χ2n) is 7.79. The number of imide groups is 1. The molecule has 0 aliphatic carbocycles. The maximum absolute atomic E-state index is 15.1. The zero-order valence-electron chi connectivity index (χ0n) is 17.3. The standard InChI is InChI=1S/C24H20FN3O4/c1-31-14-4-2-13(3-5-14)8-22-26-11-20(27-22)17-10-21-16(9-19(17)25)18(12-32-21)15-6-7-23(29)28-24(15)30/h2-5,9-12,15H,6-8H2,1H3,(H,26,27)(H,28,29,30). The maximum atomic E-state index is 15.1. The minimum absolute atomic E-state index is 0.245. The highest BCUT2D eigenvalue weighted by Crippen LogP contribution is 2.35. The Bertz CT molecular complexity index is 1320. The summed E-state index contributed by atoms with van der Waals surface area (Å²) in [7, 11) is 1.62. The van der Waals surface area contributed by atoms with E-state index in [1.54, 1.807) is 19.4 Å². The number of ether oxygens (including phenoxy) is 1. The van der Waals surface area contributed by atoms with Gasteiger partial charge in [0.25, 0.3) is 0 Å². The summed E-state index contributed by atoms with van der Waals surface area (Å²) < 4.78 is 25.9. The quantitative estimate of drug-likeness (QED) is 0.462. The summed E-state index contributed by atoms with van der Waals surface area (Å²) in [5.74, 6) is -0.190. The van der Waals surface area contributed by atoms with E-state index in [0.29, 0.717) is 46.5 Å². The Kier molecular flexibility index (Phi) is 4.97. The van der Waals surface area contributed by atoms with Gasteiger partial charge in [0.1, 0.15) is 23.0 Å². The molecule has 32 heavy (non-hydrogen) atoms. The number of nitrogens with one attached hydrogen (secondary N) is 2. The smallest absolute Gasteiger partial charge is 0.234 e. The van der Waals surface area contributed by atoms with Gasteiger partial charge in [-0.15, -0.1) is 0 Å². The highest BCUT2D eigenvalue weighted by atomic mass is 19.1. The van der Waals surface area contributed by atoms with Gasteiger partial charge in [-0.25, -0.2) is 9.37 Å². The van der Waals surface area contributed by atoms with Crippen molar-refractivity contribution in [3.8, 4) is 17.0 Å². The van der Waals surface area contributed by atoms with Crippen molar-refractivity contribution in [3.05, 3.63) is 71.6 Å². The van der Waals surface area contributed by atoms with Gasteiger partial charge in [-0.05, 0) is 36.2 Å². The van der Waals surface area contributed by atoms with Crippen molar-refractivity contribution in [1.29, 1.82) is 0 Å². The molecule has 7 nitrogen and oxygen atoms in total. The fourth-order valence-corrected chi connectivity index (χ4v) is 4.06. The van der Waals surface area contributed by atoms with Crippen molar-refractivity contribution in [3.63, 3.8) is 0 Å². The van der Waals surface area contributed by atoms with Crippen LogP contribution in [0.1, 0.15) is 35.7 Å². The second-order valence-corrected chi connectivity index (χ2v) is 7.79. The Balaban J connectivity index is 1.42. The van der Waals surface area contributed by atoms with Gasteiger partial charge >= 0.3 is 0 Å². The molecule has 8 heteroatoms. The van der Waals surface area contributed by atoms with Crippen molar-refractivity contribution in [2.45, 2.75) is 25.2 Å². The average Bonchev–Trinajstić information content (AvgIpc) is 3.41. The topological polar surface area (TPSA) is 97.2 Å². The highest BCUT2D eigenvalue weighted by molar-refractivity contribution is 6.03. The largest absolute Gasteiger partial charge is 0.497 e. The van der Waals surface area contributed by atoms with Crippen molar-refractivity contribution in [1.82, 2.24) is 15.3 Å². The number of benzene rings is 2. The van der Waals surface area contributed by atoms with Crippen LogP contribution in [0.2, 0.25) is 0 Å². The summed E-state index contributed by atoms with van der Waals surface area (Å²) >= 11 is 0. The van der Waals surface area contributed by atoms with Gasteiger partial charge in [0, 0.05) is 29.4 Å². The average molecular weight is 433 g/mol. The van der Waals surface area contributed by atoms with E-state index in [9.17, 15) is 9.59 Å². The van der Waals surface area contributed by atoms with Crippen LogP contribution < -0.4 is 10.1 Å². The molecule has 1 atom stereocenters. The number of hydrogen-bond donors (Lipinski definition) is 2. The molecule has 2 aromatic heterocycles. The number of piperidine rings is 1. The first-order chi connectivity index (χ1) is 15.5. The third-order valence-corrected chi connectivity index (χ3v) is 5.76. The van der Waals surface area contributed by atoms with Crippen LogP contribution in [-0.4, -0.2) is 28.9 Å². The van der Waals surface area contributed by atoms with E-state index >= 15 is 4.39 Å². The molecule has 3 heterocycles. The predicted molar refractivity (Wildman–Crippen MR) is 115 cm³/mol. The SMILES string of the molecule is COc1ccc(Cc2ncc(-c3cc4occ(C5CCC(=O)NC5=O)c4cc3F)[nH]2)cc1. The number of fused-ring (bicyclic) bond motifs is 1. The Morgan fingerprint density at radius 3 is 2.78 bits per heavy atom. The number of aromatic nitrogens is 2. The Morgan fingerprint density at radius 2 is 2.03 bits per heavy atom. The lowest BCUT2D eigenvalue weighted by molar-refractivity contribution is -0.134. The van der Waals surface area contributed by atoms with E-state index in [-0.39, 0.29) is 18.2 Å². The number of H-pyrrole nitrogens is 1. The number of imidazole rings is 1. The lowest BCUT2D eigenvalue weighted by Gasteiger charge is -2.19. The van der Waals surface area contributed by atoms with Crippen LogP contribution >= 0.6 is 0 Å². The molecule has 2 aromatic carbocycles. The summed E-state index contributed by atoms with van der Waals surface area (Å²) in [6, 6.07) is 10.6. The number of carbonyl (C=O) groups excluding carboxylic acids is 2. The van der Waals surface area contributed by atoms with Gasteiger partial charge in [0.15, 0.2) is 0 Å². The zero-order chi connectivity index (χ0) is 22.2. The fraction of sp³-hybridized carbons (Fsp3) is 0.208. The maximum Gasteiger partial charge on any atom is 0.234 e. The number of methoxy groups -OCH3 is 1. The number of nitrogens with zero attached hydrogens (tertiary/aromatic N) is 1. The van der Waals surface area contributed by atoms with Gasteiger partial charge in [0.2, 0.25) is 11.8 Å². The molecule has 1 aliphatic heterocycles. The molecular weight excluding hydrogens is 413 g/mol. The van der Waals surface area contributed by atoms with E-state index in [2.05, 4.69) is 15.3 Å². The summed E-state index contributed by atoms with van der Waals surface area (Å²) in [6.07, 6.45) is 4.24. The first kappa shape index (κ1) is 20.0. The van der Waals surface area contributed by atoms with Gasteiger partial charge < -0.3 is 14.1 Å². The van der Waals surface area contributed by atoms with Crippen LogP contribution in [0.4, 0.5) is 4.39 Å². The molecule has 1 saturated heterocycles. The number of halogens is 1. The van der Waals surface area contributed by atoms with Crippen molar-refractivity contribution in [2.24, 2.45) is 0 Å². The van der Waals surface area contributed by atoms with Crippen LogP contribution in [0.5, 0.6) is 5.75 Å². The minimum atomic E-state index is -0.539. The molecule has 2 N–H and O–H groups in total. The van der Waals surface area contributed by atoms with Crippen molar-refractivity contribution < 1.29 is 23.1 Å². The Labute approximate surface area is 182 Å². The Morgan fingerprint density at radius 1 is 1.22 bits per heavy atom. The van der Waals surface area contributed by atoms with E-state index in [0.717, 1.165) is 11.3 Å². The van der Waals surface area contributed by atoms with E-state index < -0.39 is 11.7 Å². The van der Waals surface area contributed by atoms with Gasteiger partial charge in [-0.1, -0.05) is 12.1 Å². The molecule has 1 fully saturated rings. The molecule has 1 aliphatic rings. The molecule has 162 valence electrons. The Hall–Kier alpha value is -3.94. The lowest BCUT2D eigenvalue weighted by atomic mass is 9.90. The number of hydrogen-bond acceptors (Lipinski definition) is 5. The normalized spacial score (nSPS) is 16.4. The van der Waals surface area contributed by atoms with Gasteiger partial charge in [0.05, 0.1) is 31.2 Å². The number of rotatable bonds is 5. The van der Waals surface area contributed by atoms with Gasteiger partial charge in [-0.3, -0.25) is 14.9 Å². The predicted octanol–water partition coefficient (Wildman–Crippen LogP) is 4.08. The fourth-order valence-electron chi connectivity index (χ4n) is 4.06. The number of carbonyl (C=O) groups is 2. The summed E-state index contributed by atoms with van der Waals surface area (Å²) in [5.41, 5.74) is 2.96. The summed E-state index contributed by atoms with van der Waals surface area (Å²) in [4.78, 5) is 31.2. The molecule has 0 saturated carbocycles. The molecular formula is C24H20FN3O4. The third kappa shape index (κ3) is 3.64. The monoisotopic (exact) mass is 433 g/mol. The molecule has 2 amide bonds. The van der Waals surface area contributed by atoms with Crippen molar-refractivity contribution >= 4 is 22.8 Å². The summed E-state index contributed by atoms with van der Waals surface area (Å²) in [5, 5.41) is 2.86. The van der Waals surface area contributed by atoms with E-state index in [1.165, 1.54) is 12.3 Å². The zero-order valence-corrected chi connectivity index (χ0v) is 17.3. The first-order valence-electron chi connectivity index (χ1n) is 10.2.